The molecule has 44 nitrogen and oxygen atoms in total. The second kappa shape index (κ2) is 35.9. The zero-order valence-electron chi connectivity index (χ0n) is 55.5. The van der Waals surface area contributed by atoms with Crippen molar-refractivity contribution in [3.63, 3.8) is 0 Å². The molecule has 41 atom stereocenters. The van der Waals surface area contributed by atoms with Gasteiger partial charge in [0.2, 0.25) is 0 Å². The van der Waals surface area contributed by atoms with Crippen LogP contribution in [0.2, 0.25) is 0 Å². The topological polar surface area (TPSA) is 690 Å². The normalized spacial score (nSPS) is 48.6. The minimum absolute atomic E-state index is 0.0385. The summed E-state index contributed by atoms with van der Waals surface area (Å²) in [4.78, 5) is 15.6. The minimum Gasteiger partial charge on any atom is -0.480 e. The summed E-state index contributed by atoms with van der Waals surface area (Å²) in [5.74, 6) is -1.20. The fourth-order valence-electron chi connectivity index (χ4n) is 14.3. The first kappa shape index (κ1) is 82.5. The Hall–Kier alpha value is -3.41. The lowest BCUT2D eigenvalue weighted by atomic mass is 9.94. The third-order valence-electron chi connectivity index (χ3n) is 20.2. The third-order valence-corrected chi connectivity index (χ3v) is 20.2. The summed E-state index contributed by atoms with van der Waals surface area (Å²) in [6, 6.07) is 6.09. The highest BCUT2D eigenvalue weighted by atomic mass is 16.8. The Morgan fingerprint density at radius 2 is 0.571 bits per heavy atom. The number of rotatable bonds is 16. The average molecular weight is 1530 g/mol. The molecule has 31 heterocycles. The second-order valence-electron chi connectivity index (χ2n) is 26.9. The Kier molecular flexibility index (Phi) is 28.3. The zero-order valence-corrected chi connectivity index (χ0v) is 55.5. The van der Waals surface area contributed by atoms with Crippen LogP contribution in [0.25, 0.3) is 10.9 Å². The number of hydrogen-bond acceptors (Lipinski definition) is 42. The lowest BCUT2D eigenvalue weighted by molar-refractivity contribution is -0.403. The number of ether oxygens (including phenoxy) is 16. The first-order valence-corrected chi connectivity index (χ1v) is 34.1. The number of aliphatic hydroxyl groups is 23. The van der Waals surface area contributed by atoms with Crippen LogP contribution in [0.3, 0.4) is 0 Å². The van der Waals surface area contributed by atoms with E-state index in [1.807, 2.05) is 12.1 Å². The first-order valence-electron chi connectivity index (χ1n) is 34.1. The van der Waals surface area contributed by atoms with Gasteiger partial charge in [-0.15, -0.1) is 0 Å². The maximum absolute atomic E-state index is 12.5. The highest BCUT2D eigenvalue weighted by Gasteiger charge is 2.60. The average Bonchev–Trinajstić information content (AvgIpc) is 1.63. The Morgan fingerprint density at radius 3 is 0.819 bits per heavy atom. The predicted molar refractivity (Wildman–Crippen MR) is 328 cm³/mol. The summed E-state index contributed by atoms with van der Waals surface area (Å²) in [5, 5.41) is 276. The molecule has 1 aromatic heterocycles. The van der Waals surface area contributed by atoms with Crippen LogP contribution in [0.4, 0.5) is 0 Å². The Bertz CT molecular complexity index is 3010. The SMILES string of the molecule is O=C(O)[C@H](Cc1c[nH]c2ccccc12)NCCNC[C@H]1O[C@@H]2O[C@H]3[C@@H](O)[C@H](O)[C@@H](O[C@H]4[C@@H](O)[C@H](O)[C@@H](O[C@H]5[C@H](O)[C@@H](O)[C@@H](O[C@H]6[C@@H](O)[C@H](O)[C@@H](O[C@H]7[C@H](O)[C@@H](O)[C@@H](O[C@H]8[C@H](O)[C@@H](O)[C@@H](O[C@H]9[C@H](O)[C@@H](O)[C@@H](O[C@H]1[C@H](O)[C@H]2O)O[C@@H]9CO)O[C@@H]8CO)O[C@@H]7CO)O[C@@H]6CO)O[C@@H]5CO)O[C@@H]4CO)O[C@@H]3CO. The number of aliphatic carboxylic acids is 1. The van der Waals surface area contributed by atoms with E-state index < -0.39 is 310 Å². The second-order valence-corrected chi connectivity index (χ2v) is 26.9. The molecule has 0 aliphatic carbocycles. The van der Waals surface area contributed by atoms with Crippen LogP contribution in [0, 0.1) is 0 Å². The molecule has 27 N–H and O–H groups in total. The molecule has 0 radical (unpaired) electrons. The fourth-order valence-corrected chi connectivity index (χ4v) is 14.3. The highest BCUT2D eigenvalue weighted by molar-refractivity contribution is 5.84. The summed E-state index contributed by atoms with van der Waals surface area (Å²) in [7, 11) is 0. The van der Waals surface area contributed by atoms with Gasteiger partial charge in [-0.3, -0.25) is 4.79 Å². The molecule has 30 aliphatic rings. The van der Waals surface area contributed by atoms with Gasteiger partial charge >= 0.3 is 5.97 Å². The third kappa shape index (κ3) is 17.2. The molecule has 30 saturated heterocycles. The number of carboxylic acids is 1. The van der Waals surface area contributed by atoms with Crippen LogP contribution in [0.5, 0.6) is 0 Å². The number of H-pyrrole nitrogens is 1. The van der Waals surface area contributed by atoms with E-state index in [-0.39, 0.29) is 19.5 Å². The summed E-state index contributed by atoms with van der Waals surface area (Å²) in [5.41, 5.74) is 1.46. The van der Waals surface area contributed by atoms with Crippen molar-refractivity contribution >= 4 is 16.9 Å². The van der Waals surface area contributed by atoms with Crippen LogP contribution < -0.4 is 10.6 Å². The fraction of sp³-hybridized carbons (Fsp3) is 0.852. The van der Waals surface area contributed by atoms with Crippen molar-refractivity contribution in [2.24, 2.45) is 0 Å². The lowest BCUT2D eigenvalue weighted by Gasteiger charge is -2.50. The number of carboxylic acid groups (broad SMARTS) is 1. The minimum atomic E-state index is -2.28. The number of aromatic amines is 1. The van der Waals surface area contributed by atoms with Crippen molar-refractivity contribution in [2.75, 3.05) is 65.9 Å². The lowest BCUT2D eigenvalue weighted by Crippen LogP contribution is -2.69. The van der Waals surface area contributed by atoms with Crippen molar-refractivity contribution in [2.45, 2.75) is 258 Å². The quantitative estimate of drug-likeness (QED) is 0.0694. The number of fused-ring (bicyclic) bond motifs is 1. The van der Waals surface area contributed by atoms with Crippen molar-refractivity contribution in [1.82, 2.24) is 15.6 Å². The van der Waals surface area contributed by atoms with Gasteiger partial charge in [0.15, 0.2) is 50.3 Å². The van der Waals surface area contributed by atoms with Crippen molar-refractivity contribution in [3.05, 3.63) is 36.0 Å². The molecular formula is C61H95N3O41. The molecule has 0 saturated carbocycles. The molecule has 2 aromatic rings. The van der Waals surface area contributed by atoms with E-state index in [9.17, 15) is 127 Å². The van der Waals surface area contributed by atoms with Gasteiger partial charge in [-0.05, 0) is 11.6 Å². The number of aliphatic hydroxyl groups excluding tert-OH is 23. The van der Waals surface area contributed by atoms with Crippen molar-refractivity contribution in [1.29, 1.82) is 0 Å². The van der Waals surface area contributed by atoms with Gasteiger partial charge in [-0.2, -0.15) is 0 Å². The van der Waals surface area contributed by atoms with Crippen LogP contribution in [0.15, 0.2) is 30.5 Å². The maximum Gasteiger partial charge on any atom is 0.321 e. The van der Waals surface area contributed by atoms with Gasteiger partial charge in [0, 0.05) is 43.2 Å². The van der Waals surface area contributed by atoms with E-state index >= 15 is 0 Å². The molecule has 0 amide bonds. The Labute approximate surface area is 594 Å². The zero-order chi connectivity index (χ0) is 75.7. The van der Waals surface area contributed by atoms with E-state index in [4.69, 9.17) is 75.8 Å². The molecule has 30 aliphatic heterocycles. The molecule has 16 bridgehead atoms. The van der Waals surface area contributed by atoms with E-state index in [0.29, 0.717) is 5.56 Å². The van der Waals surface area contributed by atoms with Gasteiger partial charge in [0.1, 0.15) is 201 Å². The van der Waals surface area contributed by atoms with Crippen LogP contribution >= 0.6 is 0 Å². The van der Waals surface area contributed by atoms with Crippen LogP contribution in [-0.4, -0.2) is 451 Å². The number of nitrogens with one attached hydrogen (secondary N) is 3. The Balaban J connectivity index is 0.852. The van der Waals surface area contributed by atoms with Gasteiger partial charge in [-0.1, -0.05) is 18.2 Å². The molecule has 0 unspecified atom stereocenters. The smallest absolute Gasteiger partial charge is 0.321 e. The van der Waals surface area contributed by atoms with E-state index in [2.05, 4.69) is 15.6 Å². The summed E-state index contributed by atoms with van der Waals surface area (Å²) in [6.45, 7) is -8.24. The predicted octanol–water partition coefficient (Wildman–Crippen LogP) is -16.0. The molecule has 32 rings (SSSR count). The van der Waals surface area contributed by atoms with E-state index in [0.717, 1.165) is 10.9 Å². The number of hydrogen-bond donors (Lipinski definition) is 27. The standard InChI is InChI=1S/C61H95N3O41/c65-10-22-46-31(74)39(82)56(92-22)101-48-24(12-67)94-58(41(84)33(48)76)103-50-26(14-69)96-60(43(86)35(50)78)105-52-28(16-71)97-61(44(87)36(52)79)104-51-27(15-70)95-59(42(85)34(51)77)102-49-25(13-68)93-57(40(83)32(49)75)100-47-23(11-66)91-55(38(81)30(47)73)98-45-21(90-54(99-46)37(80)29(45)72)9-62-5-6-63-20(53(88)89)7-17-8-64-19-4-2-1-3-18(17)19/h1-4,8,20-52,54-87H,5-7,9-16H2,(H,88,89)/t20-,21+,22+,23+,24+,25+,26+,27+,28+,29+,30+,31-,32+,33-,34+,35+,36-,37+,38+,39-,40+,41-,42+,43+,44-,45+,46+,47+,48+,49+,50+,51+,52+,54+,55+,56+,57+,58+,59+,60+,61+/m0/s1. The molecule has 44 heteroatoms. The van der Waals surface area contributed by atoms with Crippen molar-refractivity contribution < 1.29 is 203 Å². The first-order chi connectivity index (χ1) is 50.2. The van der Waals surface area contributed by atoms with Gasteiger partial charge in [-0.25, -0.2) is 0 Å². The number of carbonyl (C=O) groups is 1. The summed E-state index contributed by atoms with van der Waals surface area (Å²) >= 11 is 0. The van der Waals surface area contributed by atoms with E-state index in [1.54, 1.807) is 18.3 Å². The largest absolute Gasteiger partial charge is 0.480 e. The highest BCUT2D eigenvalue weighted by Crippen LogP contribution is 2.40. The number of benzene rings is 1. The summed E-state index contributed by atoms with van der Waals surface area (Å²) in [6.07, 6.45) is -81.0. The monoisotopic (exact) mass is 1530 g/mol. The Morgan fingerprint density at radius 1 is 0.333 bits per heavy atom. The van der Waals surface area contributed by atoms with Gasteiger partial charge < -0.3 is 214 Å². The molecule has 1 aromatic carbocycles. The summed E-state index contributed by atoms with van der Waals surface area (Å²) < 4.78 is 93.2. The molecule has 105 heavy (non-hydrogen) atoms. The number of para-hydroxylation sites is 1. The van der Waals surface area contributed by atoms with Crippen molar-refractivity contribution in [3.8, 4) is 0 Å². The number of aromatic nitrogens is 1. The van der Waals surface area contributed by atoms with Crippen LogP contribution in [-0.2, 0) is 87.0 Å². The van der Waals surface area contributed by atoms with Gasteiger partial charge in [0.05, 0.1) is 46.2 Å². The maximum atomic E-state index is 12.5. The molecule has 30 fully saturated rings. The molecule has 600 valence electrons. The molecular weight excluding hydrogens is 1430 g/mol. The van der Waals surface area contributed by atoms with Gasteiger partial charge in [0.25, 0.3) is 0 Å². The van der Waals surface area contributed by atoms with E-state index in [1.165, 1.54) is 0 Å². The van der Waals surface area contributed by atoms with Crippen LogP contribution in [0.1, 0.15) is 5.56 Å². The molecule has 0 spiro atoms.